The molecule has 1 amide bonds. The van der Waals surface area contributed by atoms with Crippen LogP contribution < -0.4 is 5.32 Å². The molecule has 0 saturated carbocycles. The number of carbonyl (C=O) groups is 3. The van der Waals surface area contributed by atoms with Gasteiger partial charge in [-0.2, -0.15) is 0 Å². The highest BCUT2D eigenvalue weighted by molar-refractivity contribution is 5.69. The smallest absolute Gasteiger partial charge is 0.407 e. The number of esters is 2. The van der Waals surface area contributed by atoms with E-state index in [1.807, 2.05) is 19.0 Å². The number of unbranched alkanes of at least 4 members (excludes halogenated alkanes) is 20. The molecule has 9 heteroatoms. The van der Waals surface area contributed by atoms with Gasteiger partial charge in [0.25, 0.3) is 0 Å². The maximum Gasteiger partial charge on any atom is 0.407 e. The third-order valence-corrected chi connectivity index (χ3v) is 9.20. The van der Waals surface area contributed by atoms with Crippen LogP contribution in [0.1, 0.15) is 181 Å². The molecule has 0 aromatic carbocycles. The van der Waals surface area contributed by atoms with E-state index in [4.69, 9.17) is 14.2 Å². The Morgan fingerprint density at radius 2 is 0.840 bits per heavy atom. The van der Waals surface area contributed by atoms with E-state index in [0.29, 0.717) is 45.8 Å². The monoisotopic (exact) mass is 712 g/mol. The lowest BCUT2D eigenvalue weighted by molar-refractivity contribution is -0.144. The number of alkyl carbamates (subject to hydrolysis) is 1. The second kappa shape index (κ2) is 38.4. The van der Waals surface area contributed by atoms with E-state index in [9.17, 15) is 14.4 Å². The Bertz CT molecular complexity index is 721. The lowest BCUT2D eigenvalue weighted by Gasteiger charge is -2.22. The number of ether oxygens (including phenoxy) is 3. The van der Waals surface area contributed by atoms with Crippen LogP contribution in [-0.4, -0.2) is 94.5 Å². The lowest BCUT2D eigenvalue weighted by Crippen LogP contribution is -2.35. The zero-order chi connectivity index (χ0) is 36.8. The van der Waals surface area contributed by atoms with Gasteiger partial charge in [0, 0.05) is 32.5 Å². The van der Waals surface area contributed by atoms with Gasteiger partial charge in [-0.25, -0.2) is 4.79 Å². The van der Waals surface area contributed by atoms with Gasteiger partial charge in [0.15, 0.2) is 0 Å². The molecule has 0 aliphatic rings. The first-order chi connectivity index (χ1) is 24.4. The molecule has 0 unspecified atom stereocenters. The second-order valence-electron chi connectivity index (χ2n) is 14.4. The fourth-order valence-corrected chi connectivity index (χ4v) is 5.94. The van der Waals surface area contributed by atoms with Gasteiger partial charge < -0.3 is 24.4 Å². The predicted octanol–water partition coefficient (Wildman–Crippen LogP) is 9.85. The van der Waals surface area contributed by atoms with Crippen molar-refractivity contribution in [2.75, 3.05) is 66.6 Å². The molecule has 0 atom stereocenters. The zero-order valence-electron chi connectivity index (χ0n) is 33.4. The predicted molar refractivity (Wildman–Crippen MR) is 208 cm³/mol. The number of hydrogen-bond donors (Lipinski definition) is 1. The Balaban J connectivity index is 4.14. The zero-order valence-corrected chi connectivity index (χ0v) is 33.4. The van der Waals surface area contributed by atoms with Crippen LogP contribution in [0, 0.1) is 0 Å². The minimum Gasteiger partial charge on any atom is -0.466 e. The average molecular weight is 712 g/mol. The summed E-state index contributed by atoms with van der Waals surface area (Å²) in [4.78, 5) is 40.7. The Morgan fingerprint density at radius 1 is 0.440 bits per heavy atom. The van der Waals surface area contributed by atoms with Gasteiger partial charge in [-0.1, -0.05) is 129 Å². The van der Waals surface area contributed by atoms with Crippen molar-refractivity contribution < 1.29 is 28.6 Å². The summed E-state index contributed by atoms with van der Waals surface area (Å²) >= 11 is 0. The Kier molecular flexibility index (Phi) is 36.9. The van der Waals surface area contributed by atoms with Crippen molar-refractivity contribution in [2.24, 2.45) is 0 Å². The number of amides is 1. The van der Waals surface area contributed by atoms with Crippen LogP contribution in [0.4, 0.5) is 4.79 Å². The topological polar surface area (TPSA) is 97.4 Å². The van der Waals surface area contributed by atoms with E-state index in [1.54, 1.807) is 0 Å². The van der Waals surface area contributed by atoms with Crippen LogP contribution >= 0.6 is 0 Å². The van der Waals surface area contributed by atoms with Crippen molar-refractivity contribution in [3.05, 3.63) is 0 Å². The number of nitrogens with one attached hydrogen (secondary N) is 1. The van der Waals surface area contributed by atoms with Crippen LogP contribution in [0.2, 0.25) is 0 Å². The number of likely N-dealkylation sites (N-methyl/N-ethyl adjacent to an activating group) is 1. The summed E-state index contributed by atoms with van der Waals surface area (Å²) in [6, 6.07) is 0. The molecule has 50 heavy (non-hydrogen) atoms. The van der Waals surface area contributed by atoms with E-state index >= 15 is 0 Å². The van der Waals surface area contributed by atoms with Gasteiger partial charge in [0.1, 0.15) is 6.61 Å². The normalized spacial score (nSPS) is 11.3. The second-order valence-corrected chi connectivity index (χ2v) is 14.4. The van der Waals surface area contributed by atoms with Gasteiger partial charge in [0.05, 0.1) is 13.2 Å². The summed E-state index contributed by atoms with van der Waals surface area (Å²) in [6.07, 6.45) is 28.7. The molecule has 0 fully saturated rings. The summed E-state index contributed by atoms with van der Waals surface area (Å²) < 4.78 is 16.3. The Morgan fingerprint density at radius 3 is 1.26 bits per heavy atom. The first-order valence-electron chi connectivity index (χ1n) is 21.0. The molecular formula is C41H81N3O6. The minimum atomic E-state index is -0.381. The fraction of sp³-hybridized carbons (Fsp3) is 0.927. The molecule has 296 valence electrons. The molecule has 0 radical (unpaired) electrons. The third-order valence-electron chi connectivity index (χ3n) is 9.20. The molecule has 0 saturated heterocycles. The molecule has 0 aliphatic carbocycles. The minimum absolute atomic E-state index is 0.0817. The van der Waals surface area contributed by atoms with Gasteiger partial charge in [-0.05, 0) is 65.7 Å². The third kappa shape index (κ3) is 37.4. The Labute approximate surface area is 308 Å². The van der Waals surface area contributed by atoms with Crippen molar-refractivity contribution in [2.45, 2.75) is 181 Å². The molecule has 0 bridgehead atoms. The molecular weight excluding hydrogens is 630 g/mol. The maximum absolute atomic E-state index is 12.2. The molecule has 0 heterocycles. The number of carbonyl (C=O) groups excluding carboxylic acids is 3. The average Bonchev–Trinajstić information content (AvgIpc) is 3.09. The van der Waals surface area contributed by atoms with E-state index in [2.05, 4.69) is 24.1 Å². The molecule has 9 nitrogen and oxygen atoms in total. The number of nitrogens with zero attached hydrogens (tertiary/aromatic N) is 2. The summed E-state index contributed by atoms with van der Waals surface area (Å²) in [7, 11) is 3.93. The Hall–Kier alpha value is -1.87. The molecule has 0 aromatic rings. The summed E-state index contributed by atoms with van der Waals surface area (Å²) in [5.41, 5.74) is 0. The molecule has 0 aliphatic heterocycles. The van der Waals surface area contributed by atoms with Crippen molar-refractivity contribution in [1.29, 1.82) is 0 Å². The molecule has 0 rings (SSSR count). The molecule has 0 spiro atoms. The molecule has 1 N–H and O–H groups in total. The van der Waals surface area contributed by atoms with E-state index in [1.165, 1.54) is 89.9 Å². The summed E-state index contributed by atoms with van der Waals surface area (Å²) in [6.45, 7) is 9.69. The van der Waals surface area contributed by atoms with Crippen molar-refractivity contribution in [3.8, 4) is 0 Å². The number of hydrogen-bond acceptors (Lipinski definition) is 8. The van der Waals surface area contributed by atoms with Gasteiger partial charge in [-0.15, -0.1) is 0 Å². The van der Waals surface area contributed by atoms with Crippen LogP contribution in [-0.2, 0) is 23.8 Å². The molecule has 0 aromatic heterocycles. The largest absolute Gasteiger partial charge is 0.466 e. The van der Waals surface area contributed by atoms with Crippen molar-refractivity contribution in [3.63, 3.8) is 0 Å². The first-order valence-corrected chi connectivity index (χ1v) is 21.0. The summed E-state index contributed by atoms with van der Waals surface area (Å²) in [5.74, 6) is -0.163. The van der Waals surface area contributed by atoms with Gasteiger partial charge in [0.2, 0.25) is 0 Å². The quantitative estimate of drug-likeness (QED) is 0.0384. The first kappa shape index (κ1) is 48.1. The van der Waals surface area contributed by atoms with E-state index in [-0.39, 0.29) is 18.0 Å². The standard InChI is InChI=1S/C41H81N3O6/c1-5-7-9-11-13-15-17-19-27-36-48-39(45)29-23-21-25-32-44(35-38-50-41(47)42-31-34-43(3)4)33-26-22-24-30-40(46)49-37-28-20-18-16-14-12-10-8-6-2/h5-38H2,1-4H3,(H,42,47). The number of rotatable bonds is 38. The highest BCUT2D eigenvalue weighted by Crippen LogP contribution is 2.12. The van der Waals surface area contributed by atoms with Gasteiger partial charge >= 0.3 is 18.0 Å². The highest BCUT2D eigenvalue weighted by Gasteiger charge is 2.10. The van der Waals surface area contributed by atoms with Crippen LogP contribution in [0.5, 0.6) is 0 Å². The van der Waals surface area contributed by atoms with Crippen molar-refractivity contribution in [1.82, 2.24) is 15.1 Å². The van der Waals surface area contributed by atoms with Gasteiger partial charge in [-0.3, -0.25) is 14.5 Å². The van der Waals surface area contributed by atoms with Crippen LogP contribution in [0.3, 0.4) is 0 Å². The van der Waals surface area contributed by atoms with Crippen molar-refractivity contribution >= 4 is 18.0 Å². The highest BCUT2D eigenvalue weighted by atomic mass is 16.5. The maximum atomic E-state index is 12.2. The van der Waals surface area contributed by atoms with E-state index < -0.39 is 0 Å². The fourth-order valence-electron chi connectivity index (χ4n) is 5.94. The van der Waals surface area contributed by atoms with Crippen LogP contribution in [0.25, 0.3) is 0 Å². The van der Waals surface area contributed by atoms with Crippen LogP contribution in [0.15, 0.2) is 0 Å². The lowest BCUT2D eigenvalue weighted by atomic mass is 10.1. The summed E-state index contributed by atoms with van der Waals surface area (Å²) in [5, 5.41) is 2.79. The SMILES string of the molecule is CCCCCCCCCCCOC(=O)CCCCCN(CCCCCC(=O)OCCCCCCCCCCC)CCOC(=O)NCCN(C)C. The van der Waals surface area contributed by atoms with E-state index in [0.717, 1.165) is 83.8 Å².